The van der Waals surface area contributed by atoms with Crippen LogP contribution in [0.2, 0.25) is 5.02 Å². The van der Waals surface area contributed by atoms with Crippen molar-refractivity contribution in [3.63, 3.8) is 0 Å². The van der Waals surface area contributed by atoms with E-state index in [1.807, 2.05) is 0 Å². The van der Waals surface area contributed by atoms with Crippen LogP contribution in [0.5, 0.6) is 0 Å². The molecule has 2 heterocycles. The largest absolute Gasteiger partial charge is 0.353 e. The molecule has 2 aromatic carbocycles. The second kappa shape index (κ2) is 9.40. The highest BCUT2D eigenvalue weighted by atomic mass is 35.5. The first-order valence-electron chi connectivity index (χ1n) is 9.94. The molecule has 0 amide bonds. The Hall–Kier alpha value is -4.11. The first kappa shape index (κ1) is 23.1. The molecule has 4 aromatic rings. The third-order valence-corrected chi connectivity index (χ3v) is 4.97. The van der Waals surface area contributed by atoms with Gasteiger partial charge in [-0.05, 0) is 43.3 Å². The number of hydrogen-bond donors (Lipinski definition) is 2. The maximum atomic E-state index is 14.9. The molecule has 0 aliphatic rings. The van der Waals surface area contributed by atoms with E-state index in [9.17, 15) is 18.0 Å². The minimum Gasteiger partial charge on any atom is -0.353 e. The molecule has 0 aliphatic heterocycles. The lowest BCUT2D eigenvalue weighted by atomic mass is 10.2. The van der Waals surface area contributed by atoms with Crippen LogP contribution in [0.3, 0.4) is 0 Å². The fraction of sp³-hybridized carbons (Fsp3) is 0.0417. The molecule has 172 valence electrons. The van der Waals surface area contributed by atoms with Crippen molar-refractivity contribution >= 4 is 28.7 Å². The van der Waals surface area contributed by atoms with Gasteiger partial charge < -0.3 is 15.3 Å². The van der Waals surface area contributed by atoms with Gasteiger partial charge in [-0.25, -0.2) is 17.9 Å². The summed E-state index contributed by atoms with van der Waals surface area (Å²) in [5.41, 5.74) is 0.658. The lowest BCUT2D eigenvalue weighted by molar-refractivity contribution is 0.516. The normalized spacial score (nSPS) is 11.5. The molecule has 2 N–H and O–H groups in total. The minimum atomic E-state index is -1.05. The highest BCUT2D eigenvalue weighted by Crippen LogP contribution is 2.22. The van der Waals surface area contributed by atoms with Gasteiger partial charge in [0, 0.05) is 52.8 Å². The van der Waals surface area contributed by atoms with Crippen LogP contribution in [0.1, 0.15) is 12.6 Å². The van der Waals surface area contributed by atoms with Crippen LogP contribution in [0.4, 0.5) is 18.9 Å². The average molecular weight is 484 g/mol. The number of nitrogens with zero attached hydrogens (tertiary/aromatic N) is 3. The van der Waals surface area contributed by atoms with Gasteiger partial charge in [-0.3, -0.25) is 4.79 Å². The molecular weight excluding hydrogens is 467 g/mol. The predicted molar refractivity (Wildman–Crippen MR) is 125 cm³/mol. The molecule has 6 nitrogen and oxygen atoms in total. The highest BCUT2D eigenvalue weighted by molar-refractivity contribution is 6.30. The van der Waals surface area contributed by atoms with Crippen molar-refractivity contribution in [3.8, 4) is 11.4 Å². The van der Waals surface area contributed by atoms with Crippen molar-refractivity contribution in [2.45, 2.75) is 6.92 Å². The molecule has 34 heavy (non-hydrogen) atoms. The van der Waals surface area contributed by atoms with Crippen LogP contribution >= 0.6 is 11.6 Å². The topological polar surface area (TPSA) is 75.7 Å². The summed E-state index contributed by atoms with van der Waals surface area (Å²) in [4.78, 5) is 12.6. The van der Waals surface area contributed by atoms with E-state index in [2.05, 4.69) is 10.4 Å². The van der Waals surface area contributed by atoms with E-state index in [4.69, 9.17) is 17.0 Å². The average Bonchev–Trinajstić information content (AvgIpc) is 3.12. The molecule has 0 saturated heterocycles. The molecule has 0 atom stereocenters. The zero-order chi connectivity index (χ0) is 24.4. The van der Waals surface area contributed by atoms with Gasteiger partial charge in [0.2, 0.25) is 5.43 Å². The van der Waals surface area contributed by atoms with Crippen molar-refractivity contribution < 1.29 is 13.2 Å². The van der Waals surface area contributed by atoms with Crippen molar-refractivity contribution in [1.29, 1.82) is 5.41 Å². The summed E-state index contributed by atoms with van der Waals surface area (Å²) in [6.07, 6.45) is 4.52. The Morgan fingerprint density at radius 2 is 1.79 bits per heavy atom. The van der Waals surface area contributed by atoms with Crippen LogP contribution in [0.15, 0.2) is 78.0 Å². The molecule has 0 fully saturated rings. The Morgan fingerprint density at radius 1 is 1.06 bits per heavy atom. The molecule has 10 heteroatoms. The Bertz CT molecular complexity index is 1470. The van der Waals surface area contributed by atoms with Crippen molar-refractivity contribution in [1.82, 2.24) is 14.3 Å². The Labute approximate surface area is 197 Å². The summed E-state index contributed by atoms with van der Waals surface area (Å²) in [5.74, 6) is -2.83. The number of hydrogen-bond acceptors (Lipinski definition) is 4. The van der Waals surface area contributed by atoms with E-state index in [-0.39, 0.29) is 28.5 Å². The number of halogens is 4. The van der Waals surface area contributed by atoms with Crippen molar-refractivity contribution in [2.75, 3.05) is 5.32 Å². The van der Waals surface area contributed by atoms with Crippen LogP contribution in [0, 0.1) is 22.9 Å². The van der Waals surface area contributed by atoms with Crippen LogP contribution in [-0.4, -0.2) is 20.1 Å². The van der Waals surface area contributed by atoms with E-state index in [0.717, 1.165) is 23.0 Å². The molecule has 0 radical (unpaired) electrons. The Morgan fingerprint density at radius 3 is 2.44 bits per heavy atom. The zero-order valence-electron chi connectivity index (χ0n) is 17.7. The minimum absolute atomic E-state index is 0.00628. The number of anilines is 1. The second-order valence-corrected chi connectivity index (χ2v) is 7.78. The molecule has 2 aromatic heterocycles. The van der Waals surface area contributed by atoms with Gasteiger partial charge in [0.15, 0.2) is 23.1 Å². The summed E-state index contributed by atoms with van der Waals surface area (Å²) < 4.78 is 43.9. The first-order valence-corrected chi connectivity index (χ1v) is 10.3. The second-order valence-electron chi connectivity index (χ2n) is 7.35. The Balaban J connectivity index is 1.74. The summed E-state index contributed by atoms with van der Waals surface area (Å²) in [6, 6.07) is 11.9. The molecule has 0 unspecified atom stereocenters. The molecular formula is C24H17ClF3N5O. The quantitative estimate of drug-likeness (QED) is 0.351. The van der Waals surface area contributed by atoms with E-state index in [0.29, 0.717) is 10.7 Å². The number of aromatic nitrogens is 3. The standard InChI is InChI=1S/C24H17ClF3N5O/c1-14(29)9-21(30-16-4-2-3-15(25)10-16)24-23(34)7-8-33(31-24)22-6-5-17(11-18(22)26)32-12-19(27)20(28)13-32/h2-13,29-30H,1H3/b21-9-,29-14?. The fourth-order valence-corrected chi connectivity index (χ4v) is 3.42. The van der Waals surface area contributed by atoms with E-state index in [1.165, 1.54) is 42.1 Å². The lowest BCUT2D eigenvalue weighted by Crippen LogP contribution is -2.19. The number of nitrogens with one attached hydrogen (secondary N) is 2. The summed E-state index contributed by atoms with van der Waals surface area (Å²) in [6.45, 7) is 1.53. The monoisotopic (exact) mass is 483 g/mol. The molecule has 0 aliphatic carbocycles. The summed E-state index contributed by atoms with van der Waals surface area (Å²) in [7, 11) is 0. The Kier molecular flexibility index (Phi) is 6.38. The smallest absolute Gasteiger partial charge is 0.209 e. The van der Waals surface area contributed by atoms with Crippen LogP contribution in [-0.2, 0) is 0 Å². The molecule has 0 spiro atoms. The summed E-state index contributed by atoms with van der Waals surface area (Å²) in [5, 5.41) is 15.6. The van der Waals surface area contributed by atoms with Crippen LogP contribution in [0.25, 0.3) is 17.1 Å². The fourth-order valence-electron chi connectivity index (χ4n) is 3.23. The van der Waals surface area contributed by atoms with Gasteiger partial charge in [-0.15, -0.1) is 0 Å². The number of allylic oxidation sites excluding steroid dienone is 1. The van der Waals surface area contributed by atoms with E-state index < -0.39 is 22.9 Å². The lowest BCUT2D eigenvalue weighted by Gasteiger charge is -2.14. The van der Waals surface area contributed by atoms with Gasteiger partial charge in [-0.2, -0.15) is 5.10 Å². The van der Waals surface area contributed by atoms with Crippen molar-refractivity contribution in [3.05, 3.63) is 112 Å². The zero-order valence-corrected chi connectivity index (χ0v) is 18.4. The van der Waals surface area contributed by atoms with Gasteiger partial charge in [0.1, 0.15) is 5.69 Å². The highest BCUT2D eigenvalue weighted by Gasteiger charge is 2.14. The summed E-state index contributed by atoms with van der Waals surface area (Å²) >= 11 is 6.03. The van der Waals surface area contributed by atoms with E-state index >= 15 is 0 Å². The van der Waals surface area contributed by atoms with Crippen LogP contribution < -0.4 is 10.7 Å². The SMILES string of the molecule is CC(=N)/C=C(\Nc1cccc(Cl)c1)c1nn(-c2ccc(-n3cc(F)c(F)c3)cc2F)ccc1=O. The van der Waals surface area contributed by atoms with Gasteiger partial charge in [0.25, 0.3) is 0 Å². The van der Waals surface area contributed by atoms with E-state index in [1.54, 1.807) is 24.3 Å². The third-order valence-electron chi connectivity index (χ3n) is 4.74. The third kappa shape index (κ3) is 4.94. The maximum Gasteiger partial charge on any atom is 0.209 e. The first-order chi connectivity index (χ1) is 16.2. The molecule has 0 saturated carbocycles. The number of benzene rings is 2. The van der Waals surface area contributed by atoms with Gasteiger partial charge in [-0.1, -0.05) is 17.7 Å². The van der Waals surface area contributed by atoms with Crippen molar-refractivity contribution in [2.24, 2.45) is 0 Å². The predicted octanol–water partition coefficient (Wildman–Crippen LogP) is 5.59. The number of rotatable bonds is 6. The van der Waals surface area contributed by atoms with Gasteiger partial charge >= 0.3 is 0 Å². The maximum absolute atomic E-state index is 14.9. The van der Waals surface area contributed by atoms with Gasteiger partial charge in [0.05, 0.1) is 5.70 Å². The molecule has 4 rings (SSSR count). The molecule has 0 bridgehead atoms.